The molecule has 0 N–H and O–H groups in total. The Morgan fingerprint density at radius 1 is 1.06 bits per heavy atom. The molecule has 0 bridgehead atoms. The van der Waals surface area contributed by atoms with Gasteiger partial charge in [-0.05, 0) is 54.0 Å². The molecule has 0 radical (unpaired) electrons. The fourth-order valence-electron chi connectivity index (χ4n) is 3.41. The normalized spacial score (nSPS) is 11.1. The average molecular weight is 516 g/mol. The molecule has 0 spiro atoms. The van der Waals surface area contributed by atoms with E-state index in [1.54, 1.807) is 30.5 Å². The van der Waals surface area contributed by atoms with Gasteiger partial charge in [0.15, 0.2) is 16.3 Å². The molecule has 0 fully saturated rings. The van der Waals surface area contributed by atoms with Crippen molar-refractivity contribution >= 4 is 46.4 Å². The van der Waals surface area contributed by atoms with E-state index in [0.29, 0.717) is 37.6 Å². The largest absolute Gasteiger partial charge is 0.493 e. The van der Waals surface area contributed by atoms with Gasteiger partial charge in [0.25, 0.3) is 5.91 Å². The minimum absolute atomic E-state index is 0.0662. The van der Waals surface area contributed by atoms with Gasteiger partial charge in [-0.1, -0.05) is 43.1 Å². The summed E-state index contributed by atoms with van der Waals surface area (Å²) in [5, 5.41) is 2.02. The molecule has 0 saturated carbocycles. The number of halogens is 2. The Bertz CT molecular complexity index is 933. The lowest BCUT2D eigenvalue weighted by Crippen LogP contribution is -2.46. The summed E-state index contributed by atoms with van der Waals surface area (Å²) in [6.07, 6.45) is 0.627. The lowest BCUT2D eigenvalue weighted by molar-refractivity contribution is -0.140. The van der Waals surface area contributed by atoms with Crippen LogP contribution >= 0.6 is 34.5 Å². The quantitative estimate of drug-likeness (QED) is 0.376. The number of benzene rings is 1. The summed E-state index contributed by atoms with van der Waals surface area (Å²) in [4.78, 5) is 29.0. The predicted molar refractivity (Wildman–Crippen MR) is 135 cm³/mol. The number of amides is 2. The molecule has 1 aromatic heterocycles. The summed E-state index contributed by atoms with van der Waals surface area (Å²) in [5.41, 5.74) is 2.16. The highest BCUT2D eigenvalue weighted by molar-refractivity contribution is 7.10. The van der Waals surface area contributed by atoms with Gasteiger partial charge in [0.1, 0.15) is 0 Å². The lowest BCUT2D eigenvalue weighted by atomic mass is 10.1. The average Bonchev–Trinajstić information content (AvgIpc) is 3.18. The van der Waals surface area contributed by atoms with Gasteiger partial charge in [0.2, 0.25) is 5.91 Å². The number of hydrogen-bond donors (Lipinski definition) is 0. The summed E-state index contributed by atoms with van der Waals surface area (Å²) in [6.45, 7) is 7.29. The first-order valence-corrected chi connectivity index (χ1v) is 12.5. The third kappa shape index (κ3) is 8.09. The molecule has 0 unspecified atom stereocenters. The molecule has 2 rings (SSSR count). The number of nitrogens with zero attached hydrogens (tertiary/aromatic N) is 2. The number of methoxy groups -OCH3 is 2. The summed E-state index contributed by atoms with van der Waals surface area (Å²) >= 11 is 13.3. The van der Waals surface area contributed by atoms with Crippen LogP contribution < -0.4 is 9.47 Å². The Morgan fingerprint density at radius 3 is 2.30 bits per heavy atom. The summed E-state index contributed by atoms with van der Waals surface area (Å²) < 4.78 is 10.7. The molecule has 0 aliphatic heterocycles. The van der Waals surface area contributed by atoms with Gasteiger partial charge in [-0.15, -0.1) is 11.3 Å². The van der Waals surface area contributed by atoms with Crippen molar-refractivity contribution in [3.63, 3.8) is 0 Å². The molecule has 33 heavy (non-hydrogen) atoms. The number of thiophene rings is 1. The Balaban J connectivity index is 2.21. The van der Waals surface area contributed by atoms with Crippen molar-refractivity contribution < 1.29 is 19.1 Å². The molecule has 9 heteroatoms. The molecule has 0 aliphatic rings. The van der Waals surface area contributed by atoms with Crippen LogP contribution in [0.1, 0.15) is 29.9 Å². The molecule has 2 amide bonds. The van der Waals surface area contributed by atoms with Crippen molar-refractivity contribution in [2.75, 3.05) is 33.9 Å². The van der Waals surface area contributed by atoms with Crippen molar-refractivity contribution in [1.29, 1.82) is 0 Å². The second-order valence-electron chi connectivity index (χ2n) is 8.19. The minimum Gasteiger partial charge on any atom is -0.493 e. The van der Waals surface area contributed by atoms with Crippen LogP contribution in [-0.4, -0.2) is 60.3 Å². The van der Waals surface area contributed by atoms with Crippen LogP contribution in [-0.2, 0) is 22.6 Å². The van der Waals surface area contributed by atoms with Gasteiger partial charge >= 0.3 is 0 Å². The first-order chi connectivity index (χ1) is 15.7. The van der Waals surface area contributed by atoms with Crippen LogP contribution in [0.25, 0.3) is 0 Å². The van der Waals surface area contributed by atoms with E-state index in [9.17, 15) is 9.59 Å². The fourth-order valence-corrected chi connectivity index (χ4v) is 4.60. The van der Waals surface area contributed by atoms with E-state index >= 15 is 0 Å². The topological polar surface area (TPSA) is 59.1 Å². The Hall–Kier alpha value is -1.96. The molecule has 0 atom stereocenters. The number of carbonyl (C=O) groups excluding carboxylic acids is 2. The van der Waals surface area contributed by atoms with E-state index in [4.69, 9.17) is 32.7 Å². The smallest absolute Gasteiger partial charge is 0.256 e. The van der Waals surface area contributed by atoms with Crippen LogP contribution in [0.2, 0.25) is 0 Å². The molecule has 0 saturated heterocycles. The van der Waals surface area contributed by atoms with Crippen molar-refractivity contribution in [3.8, 4) is 11.5 Å². The van der Waals surface area contributed by atoms with Crippen LogP contribution in [0.3, 0.4) is 0 Å². The van der Waals surface area contributed by atoms with E-state index < -0.39 is 10.7 Å². The third-order valence-corrected chi connectivity index (χ3v) is 6.56. The highest BCUT2D eigenvalue weighted by atomic mass is 35.5. The van der Waals surface area contributed by atoms with Crippen LogP contribution in [0.5, 0.6) is 11.5 Å². The highest BCUT2D eigenvalue weighted by Gasteiger charge is 2.26. The monoisotopic (exact) mass is 514 g/mol. The third-order valence-electron chi connectivity index (χ3n) is 5.18. The molecule has 182 valence electrons. The van der Waals surface area contributed by atoms with Crippen molar-refractivity contribution in [2.24, 2.45) is 5.92 Å². The number of aryl methyl sites for hydroxylation is 1. The number of hydrogen-bond acceptors (Lipinski definition) is 5. The van der Waals surface area contributed by atoms with Crippen molar-refractivity contribution in [2.45, 2.75) is 38.6 Å². The Kier molecular flexibility index (Phi) is 10.8. The van der Waals surface area contributed by atoms with Crippen LogP contribution in [0.15, 0.2) is 29.6 Å². The molecule has 1 heterocycles. The fraction of sp³-hybridized carbons (Fsp3) is 0.500. The SMILES string of the molecule is COc1ccc(CCN(Cc2sccc2C)C(=O)CN(CC(C)C)C(=O)C(Cl)Cl)cc1OC. The zero-order chi connectivity index (χ0) is 24.5. The molecule has 6 nitrogen and oxygen atoms in total. The van der Waals surface area contributed by atoms with Crippen LogP contribution in [0.4, 0.5) is 0 Å². The molecular formula is C24H32Cl2N2O4S. The van der Waals surface area contributed by atoms with E-state index in [1.165, 1.54) is 4.90 Å². The second kappa shape index (κ2) is 13.1. The standard InChI is InChI=1S/C24H32Cl2N2O4S/c1-16(2)13-28(24(30)23(25)26)15-22(29)27(14-21-17(3)9-11-33-21)10-8-18-6-7-19(31-4)20(12-18)32-5/h6-7,9,11-12,16,23H,8,10,13-15H2,1-5H3. The van der Waals surface area contributed by atoms with Crippen molar-refractivity contribution in [3.05, 3.63) is 45.6 Å². The maximum absolute atomic E-state index is 13.4. The van der Waals surface area contributed by atoms with Gasteiger partial charge in [0, 0.05) is 18.0 Å². The number of carbonyl (C=O) groups is 2. The number of rotatable bonds is 12. The predicted octanol–water partition coefficient (Wildman–Crippen LogP) is 4.93. The van der Waals surface area contributed by atoms with E-state index in [-0.39, 0.29) is 18.4 Å². The zero-order valence-corrected chi connectivity index (χ0v) is 22.1. The summed E-state index contributed by atoms with van der Waals surface area (Å²) in [6, 6.07) is 7.77. The van der Waals surface area contributed by atoms with E-state index in [1.807, 2.05) is 50.4 Å². The first-order valence-electron chi connectivity index (χ1n) is 10.7. The van der Waals surface area contributed by atoms with Gasteiger partial charge in [-0.2, -0.15) is 0 Å². The molecule has 1 aromatic carbocycles. The second-order valence-corrected chi connectivity index (χ2v) is 10.3. The van der Waals surface area contributed by atoms with E-state index in [2.05, 4.69) is 0 Å². The first kappa shape index (κ1) is 27.3. The van der Waals surface area contributed by atoms with Crippen molar-refractivity contribution in [1.82, 2.24) is 9.80 Å². The van der Waals surface area contributed by atoms with Gasteiger partial charge in [-0.3, -0.25) is 9.59 Å². The van der Waals surface area contributed by atoms with Gasteiger partial charge in [-0.25, -0.2) is 0 Å². The number of ether oxygens (including phenoxy) is 2. The maximum Gasteiger partial charge on any atom is 0.256 e. The highest BCUT2D eigenvalue weighted by Crippen LogP contribution is 2.28. The number of alkyl halides is 2. The van der Waals surface area contributed by atoms with Gasteiger partial charge in [0.05, 0.1) is 27.3 Å². The lowest BCUT2D eigenvalue weighted by Gasteiger charge is -2.29. The molecule has 0 aliphatic carbocycles. The Morgan fingerprint density at radius 2 is 1.76 bits per heavy atom. The van der Waals surface area contributed by atoms with E-state index in [0.717, 1.165) is 16.0 Å². The van der Waals surface area contributed by atoms with Gasteiger partial charge < -0.3 is 19.3 Å². The zero-order valence-electron chi connectivity index (χ0n) is 19.8. The van der Waals surface area contributed by atoms with Crippen LogP contribution in [0, 0.1) is 12.8 Å². The summed E-state index contributed by atoms with van der Waals surface area (Å²) in [7, 11) is 3.19. The molecular weight excluding hydrogens is 483 g/mol. The summed E-state index contributed by atoms with van der Waals surface area (Å²) in [5.74, 6) is 0.876. The minimum atomic E-state index is -1.20. The Labute approximate surface area is 210 Å². The molecule has 2 aromatic rings. The maximum atomic E-state index is 13.4.